The van der Waals surface area contributed by atoms with Gasteiger partial charge in [-0.2, -0.15) is 5.10 Å². The number of rotatable bonds is 5. The average Bonchev–Trinajstić information content (AvgIpc) is 2.99. The summed E-state index contributed by atoms with van der Waals surface area (Å²) in [5.41, 5.74) is 0.744. The van der Waals surface area contributed by atoms with Crippen molar-refractivity contribution in [1.82, 2.24) is 24.2 Å². The minimum Gasteiger partial charge on any atom is -0.494 e. The lowest BCUT2D eigenvalue weighted by atomic mass is 10.2. The van der Waals surface area contributed by atoms with E-state index >= 15 is 0 Å². The Morgan fingerprint density at radius 2 is 2.15 bits per heavy atom. The van der Waals surface area contributed by atoms with E-state index in [1.807, 2.05) is 0 Å². The molecule has 0 fully saturated rings. The molecule has 3 aromatic rings. The Kier molecular flexibility index (Phi) is 4.70. The van der Waals surface area contributed by atoms with Gasteiger partial charge in [-0.1, -0.05) is 6.07 Å². The van der Waals surface area contributed by atoms with Gasteiger partial charge in [-0.05, 0) is 17.7 Å². The summed E-state index contributed by atoms with van der Waals surface area (Å²) in [7, 11) is 4.66. The molecule has 9 heteroatoms. The number of likely N-dealkylation sites (N-methyl/N-ethyl adjacent to an activating group) is 1. The maximum Gasteiger partial charge on any atom is 0.264 e. The molecule has 0 unspecified atom stereocenters. The molecule has 8 nitrogen and oxygen atoms in total. The van der Waals surface area contributed by atoms with Crippen molar-refractivity contribution in [2.24, 2.45) is 7.05 Å². The topological polar surface area (TPSA) is 82.2 Å². The third-order valence-electron chi connectivity index (χ3n) is 4.09. The van der Waals surface area contributed by atoms with Crippen LogP contribution in [0.4, 0.5) is 4.39 Å². The van der Waals surface area contributed by atoms with Crippen LogP contribution >= 0.6 is 0 Å². The van der Waals surface area contributed by atoms with Crippen LogP contribution in [0.25, 0.3) is 11.0 Å². The number of aryl methyl sites for hydroxylation is 1. The van der Waals surface area contributed by atoms with Crippen molar-refractivity contribution in [1.29, 1.82) is 0 Å². The van der Waals surface area contributed by atoms with E-state index in [0.717, 1.165) is 0 Å². The monoisotopic (exact) mass is 359 g/mol. The normalized spacial score (nSPS) is 10.9. The molecule has 0 saturated heterocycles. The summed E-state index contributed by atoms with van der Waals surface area (Å²) >= 11 is 0. The van der Waals surface area contributed by atoms with Gasteiger partial charge in [-0.15, -0.1) is 0 Å². The van der Waals surface area contributed by atoms with E-state index in [1.165, 1.54) is 45.9 Å². The lowest BCUT2D eigenvalue weighted by Crippen LogP contribution is -2.33. The molecule has 0 aliphatic heterocycles. The summed E-state index contributed by atoms with van der Waals surface area (Å²) in [6.07, 6.45) is 2.75. The summed E-state index contributed by atoms with van der Waals surface area (Å²) in [5, 5.41) is 4.34. The van der Waals surface area contributed by atoms with E-state index in [-0.39, 0.29) is 30.3 Å². The first-order valence-electron chi connectivity index (χ1n) is 7.84. The van der Waals surface area contributed by atoms with E-state index in [9.17, 15) is 14.0 Å². The largest absolute Gasteiger partial charge is 0.494 e. The second kappa shape index (κ2) is 6.95. The number of benzene rings is 1. The maximum atomic E-state index is 13.8. The zero-order chi connectivity index (χ0) is 18.8. The molecular formula is C17H18FN5O3. The van der Waals surface area contributed by atoms with Gasteiger partial charge in [0.15, 0.2) is 17.2 Å². The molecule has 0 aliphatic carbocycles. The molecule has 3 rings (SSSR count). The van der Waals surface area contributed by atoms with Gasteiger partial charge in [-0.25, -0.2) is 9.37 Å². The van der Waals surface area contributed by atoms with Crippen LogP contribution in [0.5, 0.6) is 5.75 Å². The summed E-state index contributed by atoms with van der Waals surface area (Å²) < 4.78 is 21.4. The van der Waals surface area contributed by atoms with Gasteiger partial charge in [0.1, 0.15) is 18.3 Å². The molecule has 0 N–H and O–H groups in total. The van der Waals surface area contributed by atoms with E-state index in [1.54, 1.807) is 20.2 Å². The number of methoxy groups -OCH3 is 1. The van der Waals surface area contributed by atoms with Crippen LogP contribution in [-0.4, -0.2) is 44.3 Å². The number of fused-ring (bicyclic) bond motifs is 1. The highest BCUT2D eigenvalue weighted by atomic mass is 19.1. The third-order valence-corrected chi connectivity index (χ3v) is 4.09. The molecule has 1 aromatic carbocycles. The van der Waals surface area contributed by atoms with Crippen LogP contribution in [-0.2, 0) is 24.9 Å². The Bertz CT molecular complexity index is 1030. The lowest BCUT2D eigenvalue weighted by Gasteiger charge is -2.18. The third kappa shape index (κ3) is 3.28. The van der Waals surface area contributed by atoms with E-state index in [4.69, 9.17) is 4.74 Å². The van der Waals surface area contributed by atoms with Gasteiger partial charge >= 0.3 is 0 Å². The fraction of sp³-hybridized carbons (Fsp3) is 0.294. The van der Waals surface area contributed by atoms with Gasteiger partial charge in [0.2, 0.25) is 5.91 Å². The lowest BCUT2D eigenvalue weighted by molar-refractivity contribution is -0.131. The zero-order valence-corrected chi connectivity index (χ0v) is 14.6. The summed E-state index contributed by atoms with van der Waals surface area (Å²) in [5.74, 6) is -0.646. The molecule has 2 aromatic heterocycles. The summed E-state index contributed by atoms with van der Waals surface area (Å²) in [6.45, 7) is 0.0445. The van der Waals surface area contributed by atoms with Gasteiger partial charge in [0.05, 0.1) is 13.3 Å². The molecule has 0 saturated carbocycles. The maximum absolute atomic E-state index is 13.8. The minimum atomic E-state index is -0.492. The number of nitrogens with zero attached hydrogens (tertiary/aromatic N) is 5. The van der Waals surface area contributed by atoms with Gasteiger partial charge in [0.25, 0.3) is 5.56 Å². The highest BCUT2D eigenvalue weighted by molar-refractivity contribution is 5.77. The molecule has 0 spiro atoms. The fourth-order valence-corrected chi connectivity index (χ4v) is 2.62. The van der Waals surface area contributed by atoms with Gasteiger partial charge in [0, 0.05) is 20.6 Å². The average molecular weight is 359 g/mol. The molecular weight excluding hydrogens is 341 g/mol. The van der Waals surface area contributed by atoms with Crippen molar-refractivity contribution in [2.45, 2.75) is 13.1 Å². The Morgan fingerprint density at radius 3 is 2.85 bits per heavy atom. The van der Waals surface area contributed by atoms with Crippen LogP contribution in [0.2, 0.25) is 0 Å². The number of hydrogen-bond donors (Lipinski definition) is 0. The summed E-state index contributed by atoms with van der Waals surface area (Å²) in [4.78, 5) is 30.4. The predicted molar refractivity (Wildman–Crippen MR) is 92.2 cm³/mol. The SMILES string of the molecule is COc1ccc(CN(C)C(=O)Cn2cnc3c(cnn3C)c2=O)cc1F. The second-order valence-corrected chi connectivity index (χ2v) is 5.90. The van der Waals surface area contributed by atoms with Crippen LogP contribution in [0.15, 0.2) is 35.5 Å². The number of hydrogen-bond acceptors (Lipinski definition) is 5. The van der Waals surface area contributed by atoms with Crippen molar-refractivity contribution in [3.05, 3.63) is 52.5 Å². The molecule has 1 amide bonds. The number of carbonyl (C=O) groups excluding carboxylic acids is 1. The standard InChI is InChI=1S/C17H18FN5O3/c1-21(8-11-4-5-14(26-3)13(18)6-11)15(24)9-23-10-19-16-12(17(23)25)7-20-22(16)2/h4-7,10H,8-9H2,1-3H3. The van der Waals surface area contributed by atoms with Gasteiger partial charge < -0.3 is 9.64 Å². The quantitative estimate of drug-likeness (QED) is 0.677. The highest BCUT2D eigenvalue weighted by Gasteiger charge is 2.15. The Labute approximate surface area is 148 Å². The van der Waals surface area contributed by atoms with Crippen LogP contribution in [0.3, 0.4) is 0 Å². The molecule has 0 aliphatic rings. The molecule has 0 bridgehead atoms. The van der Waals surface area contributed by atoms with E-state index < -0.39 is 5.82 Å². The molecule has 0 radical (unpaired) electrons. The Balaban J connectivity index is 1.74. The number of halogens is 1. The molecule has 0 atom stereocenters. The van der Waals surface area contributed by atoms with Crippen molar-refractivity contribution in [2.75, 3.05) is 14.2 Å². The Morgan fingerprint density at radius 1 is 1.38 bits per heavy atom. The number of amides is 1. The minimum absolute atomic E-state index is 0.144. The molecule has 2 heterocycles. The Hall–Kier alpha value is -3.23. The smallest absolute Gasteiger partial charge is 0.264 e. The zero-order valence-electron chi connectivity index (χ0n) is 14.6. The molecule has 26 heavy (non-hydrogen) atoms. The first-order chi connectivity index (χ1) is 12.4. The van der Waals surface area contributed by atoms with E-state index in [2.05, 4.69) is 10.1 Å². The first kappa shape index (κ1) is 17.6. The van der Waals surface area contributed by atoms with Crippen molar-refractivity contribution in [3.63, 3.8) is 0 Å². The number of aromatic nitrogens is 4. The van der Waals surface area contributed by atoms with Gasteiger partial charge in [-0.3, -0.25) is 18.8 Å². The molecule has 136 valence electrons. The van der Waals surface area contributed by atoms with E-state index in [0.29, 0.717) is 16.6 Å². The van der Waals surface area contributed by atoms with Crippen molar-refractivity contribution < 1.29 is 13.9 Å². The first-order valence-corrected chi connectivity index (χ1v) is 7.84. The number of carbonyl (C=O) groups is 1. The van der Waals surface area contributed by atoms with Crippen LogP contribution < -0.4 is 10.3 Å². The van der Waals surface area contributed by atoms with Crippen LogP contribution in [0.1, 0.15) is 5.56 Å². The highest BCUT2D eigenvalue weighted by Crippen LogP contribution is 2.18. The number of ether oxygens (including phenoxy) is 1. The van der Waals surface area contributed by atoms with Crippen molar-refractivity contribution in [3.8, 4) is 5.75 Å². The summed E-state index contributed by atoms with van der Waals surface area (Å²) in [6, 6.07) is 4.51. The van der Waals surface area contributed by atoms with Crippen LogP contribution in [0, 0.1) is 5.82 Å². The fourth-order valence-electron chi connectivity index (χ4n) is 2.62. The predicted octanol–water partition coefficient (Wildman–Crippen LogP) is 0.936. The van der Waals surface area contributed by atoms with Crippen molar-refractivity contribution >= 4 is 16.9 Å². The second-order valence-electron chi connectivity index (χ2n) is 5.90.